The molecule has 3 rings (SSSR count). The van der Waals surface area contributed by atoms with Gasteiger partial charge in [-0.25, -0.2) is 0 Å². The molecule has 0 amide bonds. The van der Waals surface area contributed by atoms with Crippen LogP contribution in [0.4, 0.5) is 0 Å². The van der Waals surface area contributed by atoms with Crippen molar-refractivity contribution in [1.82, 2.24) is 0 Å². The number of aliphatic hydroxyl groups excluding tert-OH is 1. The van der Waals surface area contributed by atoms with Gasteiger partial charge >= 0.3 is 0 Å². The van der Waals surface area contributed by atoms with Gasteiger partial charge in [-0.3, -0.25) is 0 Å². The van der Waals surface area contributed by atoms with Gasteiger partial charge in [0.05, 0.1) is 0 Å². The Bertz CT molecular complexity index is 1040. The van der Waals surface area contributed by atoms with Gasteiger partial charge in [-0.05, 0) is 23.1 Å². The molecule has 3 nitrogen and oxygen atoms in total. The van der Waals surface area contributed by atoms with E-state index in [0.717, 1.165) is 19.3 Å². The molecule has 0 aliphatic rings. The zero-order chi connectivity index (χ0) is 28.5. The number of aliphatic hydroxyl groups is 3. The molecule has 0 saturated heterocycles. The smallest absolute Gasteiger partial charge is 0.152 e. The van der Waals surface area contributed by atoms with Crippen LogP contribution in [-0.4, -0.2) is 15.3 Å². The first-order valence-corrected chi connectivity index (χ1v) is 15.8. The number of benzene rings is 3. The van der Waals surface area contributed by atoms with E-state index in [4.69, 9.17) is 0 Å². The Balaban J connectivity index is 1.62. The van der Waals surface area contributed by atoms with E-state index in [2.05, 4.69) is 6.92 Å². The highest BCUT2D eigenvalue weighted by Crippen LogP contribution is 2.51. The minimum Gasteiger partial charge on any atom is -0.385 e. The molecule has 0 aliphatic carbocycles. The van der Waals surface area contributed by atoms with Crippen molar-refractivity contribution < 1.29 is 15.3 Å². The highest BCUT2D eigenvalue weighted by molar-refractivity contribution is 5.38. The molecule has 0 fully saturated rings. The summed E-state index contributed by atoms with van der Waals surface area (Å²) in [6.07, 6.45) is 16.6. The van der Waals surface area contributed by atoms with E-state index in [1.54, 1.807) is 24.3 Å². The van der Waals surface area contributed by atoms with Crippen LogP contribution in [0.25, 0.3) is 0 Å². The first-order chi connectivity index (χ1) is 19.5. The molecule has 0 spiro atoms. The maximum atomic E-state index is 12.5. The molecule has 0 aliphatic heterocycles. The molecule has 3 atom stereocenters. The van der Waals surface area contributed by atoms with Gasteiger partial charge < -0.3 is 15.3 Å². The Hall–Kier alpha value is -2.46. The van der Waals surface area contributed by atoms with E-state index in [0.29, 0.717) is 23.1 Å². The summed E-state index contributed by atoms with van der Waals surface area (Å²) in [5, 5.41) is 36.6. The summed E-state index contributed by atoms with van der Waals surface area (Å²) in [6.45, 7) is 2.27. The minimum absolute atomic E-state index is 0.352. The van der Waals surface area contributed by atoms with Crippen LogP contribution in [0, 0.1) is 0 Å². The molecule has 3 heteroatoms. The highest BCUT2D eigenvalue weighted by Gasteiger charge is 2.56. The summed E-state index contributed by atoms with van der Waals surface area (Å²) in [5.41, 5.74) is -1.92. The summed E-state index contributed by atoms with van der Waals surface area (Å²) >= 11 is 0. The molecule has 3 aromatic rings. The molecule has 0 aromatic heterocycles. The lowest BCUT2D eigenvalue weighted by molar-refractivity contribution is -0.223. The molecule has 0 radical (unpaired) electrons. The predicted octanol–water partition coefficient (Wildman–Crippen LogP) is 9.37. The van der Waals surface area contributed by atoms with Crippen LogP contribution in [0.5, 0.6) is 0 Å². The molecule has 40 heavy (non-hydrogen) atoms. The molecular formula is C37H52O3. The van der Waals surface area contributed by atoms with Crippen LogP contribution in [0.1, 0.15) is 126 Å². The van der Waals surface area contributed by atoms with Crippen LogP contribution in [-0.2, 0) is 11.2 Å². The molecule has 0 saturated carbocycles. The van der Waals surface area contributed by atoms with E-state index in [-0.39, 0.29) is 0 Å². The second-order valence-corrected chi connectivity index (χ2v) is 11.5. The monoisotopic (exact) mass is 544 g/mol. The van der Waals surface area contributed by atoms with Gasteiger partial charge in [-0.2, -0.15) is 0 Å². The van der Waals surface area contributed by atoms with Gasteiger partial charge in [0.25, 0.3) is 0 Å². The summed E-state index contributed by atoms with van der Waals surface area (Å²) < 4.78 is 0. The largest absolute Gasteiger partial charge is 0.385 e. The van der Waals surface area contributed by atoms with E-state index >= 15 is 0 Å². The van der Waals surface area contributed by atoms with Gasteiger partial charge in [-0.1, -0.05) is 188 Å². The van der Waals surface area contributed by atoms with Crippen LogP contribution >= 0.6 is 0 Å². The zero-order valence-electron chi connectivity index (χ0n) is 24.7. The number of hydrogen-bond donors (Lipinski definition) is 3. The third-order valence-electron chi connectivity index (χ3n) is 8.50. The van der Waals surface area contributed by atoms with Crippen LogP contribution in [0.2, 0.25) is 0 Å². The van der Waals surface area contributed by atoms with Crippen molar-refractivity contribution in [3.8, 4) is 0 Å². The van der Waals surface area contributed by atoms with Crippen LogP contribution in [0.15, 0.2) is 91.0 Å². The Morgan fingerprint density at radius 3 is 1.32 bits per heavy atom. The predicted molar refractivity (Wildman–Crippen MR) is 167 cm³/mol. The second-order valence-electron chi connectivity index (χ2n) is 11.5. The third kappa shape index (κ3) is 8.77. The van der Waals surface area contributed by atoms with Crippen molar-refractivity contribution in [1.29, 1.82) is 0 Å². The molecule has 3 aromatic carbocycles. The van der Waals surface area contributed by atoms with Crippen LogP contribution in [0.3, 0.4) is 0 Å². The maximum Gasteiger partial charge on any atom is 0.152 e. The standard InChI is InChI=1S/C37H52O3/c1-2-3-4-5-6-7-8-9-10-11-12-13-14-24-31-36(39,33-27-20-16-21-28-33)37(40,34-29-22-17-23-30-34)35(38)32-25-18-15-19-26-32/h15-23,25-30,35,38-40H,2-14,24,31H2,1H3. The van der Waals surface area contributed by atoms with Gasteiger partial charge in [0.15, 0.2) is 5.60 Å². The molecule has 0 bridgehead atoms. The van der Waals surface area contributed by atoms with Crippen molar-refractivity contribution in [2.45, 2.75) is 121 Å². The highest BCUT2D eigenvalue weighted by atomic mass is 16.4. The average Bonchev–Trinajstić information content (AvgIpc) is 3.01. The van der Waals surface area contributed by atoms with E-state index < -0.39 is 17.3 Å². The average molecular weight is 545 g/mol. The fraction of sp³-hybridized carbons (Fsp3) is 0.514. The van der Waals surface area contributed by atoms with E-state index in [1.165, 1.54) is 70.6 Å². The topological polar surface area (TPSA) is 60.7 Å². The van der Waals surface area contributed by atoms with E-state index in [9.17, 15) is 15.3 Å². The Kier molecular flexibility index (Phi) is 13.9. The zero-order valence-corrected chi connectivity index (χ0v) is 24.7. The summed E-state index contributed by atoms with van der Waals surface area (Å²) in [6, 6.07) is 27.7. The van der Waals surface area contributed by atoms with Crippen molar-refractivity contribution in [3.05, 3.63) is 108 Å². The Morgan fingerprint density at radius 1 is 0.500 bits per heavy atom. The van der Waals surface area contributed by atoms with Crippen LogP contribution < -0.4 is 0 Å². The minimum atomic E-state index is -1.94. The summed E-state index contributed by atoms with van der Waals surface area (Å²) in [5.74, 6) is 0. The summed E-state index contributed by atoms with van der Waals surface area (Å²) in [7, 11) is 0. The van der Waals surface area contributed by atoms with Gasteiger partial charge in [0, 0.05) is 0 Å². The Morgan fingerprint density at radius 2 is 0.875 bits per heavy atom. The van der Waals surface area contributed by atoms with Crippen molar-refractivity contribution in [2.24, 2.45) is 0 Å². The van der Waals surface area contributed by atoms with Gasteiger partial charge in [0.1, 0.15) is 11.7 Å². The lowest BCUT2D eigenvalue weighted by atomic mass is 9.66. The maximum absolute atomic E-state index is 12.5. The third-order valence-corrected chi connectivity index (χ3v) is 8.50. The van der Waals surface area contributed by atoms with Crippen molar-refractivity contribution in [2.75, 3.05) is 0 Å². The quantitative estimate of drug-likeness (QED) is 0.124. The second kappa shape index (κ2) is 17.4. The van der Waals surface area contributed by atoms with Gasteiger partial charge in [-0.15, -0.1) is 0 Å². The van der Waals surface area contributed by atoms with Gasteiger partial charge in [0.2, 0.25) is 0 Å². The van der Waals surface area contributed by atoms with Crippen molar-refractivity contribution in [3.63, 3.8) is 0 Å². The lowest BCUT2D eigenvalue weighted by Crippen LogP contribution is -2.53. The molecular weight excluding hydrogens is 492 g/mol. The molecule has 3 N–H and O–H groups in total. The fourth-order valence-electron chi connectivity index (χ4n) is 6.04. The fourth-order valence-corrected chi connectivity index (χ4v) is 6.04. The number of unbranched alkanes of at least 4 members (excludes halogenated alkanes) is 13. The lowest BCUT2D eigenvalue weighted by Gasteiger charge is -2.47. The number of rotatable bonds is 20. The normalized spacial score (nSPS) is 15.3. The first kappa shape index (κ1) is 32.1. The van der Waals surface area contributed by atoms with Crippen molar-refractivity contribution >= 4 is 0 Å². The Labute approximate surface area is 243 Å². The molecule has 0 heterocycles. The number of hydrogen-bond acceptors (Lipinski definition) is 3. The molecule has 218 valence electrons. The summed E-state index contributed by atoms with van der Waals surface area (Å²) in [4.78, 5) is 0. The SMILES string of the molecule is CCCCCCCCCCCCCCCCC(O)(c1ccccc1)C(O)(c1ccccc1)C(O)c1ccccc1. The molecule has 3 unspecified atom stereocenters. The first-order valence-electron chi connectivity index (χ1n) is 15.8. The van der Waals surface area contributed by atoms with E-state index in [1.807, 2.05) is 66.7 Å².